The van der Waals surface area contributed by atoms with Gasteiger partial charge in [0.2, 0.25) is 0 Å². The average molecular weight is 579 g/mol. The second-order valence-electron chi connectivity index (χ2n) is 13.6. The highest BCUT2D eigenvalue weighted by Gasteiger charge is 2.46. The number of phenols is 1. The molecule has 2 aromatic carbocycles. The number of likely N-dealkylation sites (N-methyl/N-ethyl adjacent to an activating group) is 1. The molecule has 5 saturated heterocycles. The predicted octanol–water partition coefficient (Wildman–Crippen LogP) is 5.57. The van der Waals surface area contributed by atoms with Gasteiger partial charge in [0.25, 0.3) is 0 Å². The number of likely N-dealkylation sites (tertiary alicyclic amines) is 1. The van der Waals surface area contributed by atoms with Gasteiger partial charge in [-0.05, 0) is 85.7 Å². The molecule has 9 rings (SSSR count). The third-order valence-electron chi connectivity index (χ3n) is 10.1. The van der Waals surface area contributed by atoms with Crippen LogP contribution >= 0.6 is 0 Å². The molecule has 4 atom stereocenters. The van der Waals surface area contributed by atoms with Crippen molar-refractivity contribution in [2.24, 2.45) is 5.92 Å². The molecular weight excluding hydrogens is 532 g/mol. The molecule has 2 bridgehead atoms. The van der Waals surface area contributed by atoms with E-state index in [9.17, 15) is 5.11 Å². The molecule has 0 spiro atoms. The van der Waals surface area contributed by atoms with E-state index in [1.54, 1.807) is 0 Å². The van der Waals surface area contributed by atoms with Gasteiger partial charge < -0.3 is 19.8 Å². The van der Waals surface area contributed by atoms with Crippen LogP contribution in [-0.2, 0) is 12.8 Å². The summed E-state index contributed by atoms with van der Waals surface area (Å²) in [5.41, 5.74) is 6.85. The Labute approximate surface area is 256 Å². The Hall–Kier alpha value is -3.42. The molecular formula is C36H46N6O. The van der Waals surface area contributed by atoms with Gasteiger partial charge in [-0.1, -0.05) is 38.6 Å². The second-order valence-corrected chi connectivity index (χ2v) is 13.6. The molecule has 4 unspecified atom stereocenters. The van der Waals surface area contributed by atoms with Crippen molar-refractivity contribution in [3.8, 4) is 16.9 Å². The van der Waals surface area contributed by atoms with Gasteiger partial charge in [-0.15, -0.1) is 0 Å². The number of fused-ring (bicyclic) bond motifs is 4. The van der Waals surface area contributed by atoms with E-state index in [1.807, 2.05) is 12.1 Å². The molecule has 6 heterocycles. The van der Waals surface area contributed by atoms with Crippen molar-refractivity contribution in [3.05, 3.63) is 65.6 Å². The minimum Gasteiger partial charge on any atom is -0.508 e. The fourth-order valence-corrected chi connectivity index (χ4v) is 7.32. The van der Waals surface area contributed by atoms with E-state index in [1.165, 1.54) is 29.8 Å². The predicted molar refractivity (Wildman–Crippen MR) is 176 cm³/mol. The Kier molecular flexibility index (Phi) is 7.42. The van der Waals surface area contributed by atoms with Gasteiger partial charge in [0.1, 0.15) is 17.4 Å². The minimum absolute atomic E-state index is 0.330. The average Bonchev–Trinajstić information content (AvgIpc) is 3.65. The quantitative estimate of drug-likeness (QED) is 0.384. The summed E-state index contributed by atoms with van der Waals surface area (Å²) in [5.74, 6) is 3.11. The van der Waals surface area contributed by atoms with Crippen LogP contribution in [0.1, 0.15) is 50.6 Å². The van der Waals surface area contributed by atoms with Crippen LogP contribution in [0.5, 0.6) is 5.75 Å². The van der Waals surface area contributed by atoms with Gasteiger partial charge in [-0.2, -0.15) is 0 Å². The van der Waals surface area contributed by atoms with E-state index in [4.69, 9.17) is 9.97 Å². The normalized spacial score (nSPS) is 25.9. The lowest BCUT2D eigenvalue weighted by Crippen LogP contribution is -2.69. The zero-order chi connectivity index (χ0) is 29.8. The number of piperidine rings is 1. The van der Waals surface area contributed by atoms with Crippen molar-refractivity contribution >= 4 is 22.8 Å². The molecule has 0 radical (unpaired) electrons. The summed E-state index contributed by atoms with van der Waals surface area (Å²) < 4.78 is 0. The maximum atomic E-state index is 10.4. The number of phenolic OH excluding ortho intramolecular Hbond substituents is 1. The monoisotopic (exact) mass is 578 g/mol. The summed E-state index contributed by atoms with van der Waals surface area (Å²) in [6.45, 7) is 17.8. The lowest BCUT2D eigenvalue weighted by Gasteiger charge is -2.57. The van der Waals surface area contributed by atoms with Crippen molar-refractivity contribution in [2.75, 3.05) is 51.2 Å². The van der Waals surface area contributed by atoms with Gasteiger partial charge in [-0.3, -0.25) is 4.90 Å². The van der Waals surface area contributed by atoms with Crippen molar-refractivity contribution in [1.82, 2.24) is 24.7 Å². The molecule has 5 aliphatic heterocycles. The first kappa shape index (κ1) is 28.4. The van der Waals surface area contributed by atoms with Crippen molar-refractivity contribution < 1.29 is 5.11 Å². The molecule has 226 valence electrons. The molecule has 3 aromatic rings. The van der Waals surface area contributed by atoms with Crippen LogP contribution in [0.15, 0.2) is 48.7 Å². The highest BCUT2D eigenvalue weighted by molar-refractivity contribution is 5.94. The van der Waals surface area contributed by atoms with Crippen LogP contribution in [0.2, 0.25) is 0 Å². The number of aryl methyl sites for hydroxylation is 2. The van der Waals surface area contributed by atoms with Gasteiger partial charge in [0.05, 0.1) is 5.52 Å². The molecule has 7 heteroatoms. The molecule has 0 saturated carbocycles. The highest BCUT2D eigenvalue weighted by atomic mass is 16.3. The second kappa shape index (κ2) is 11.3. The number of nitrogens with zero attached hydrogens (tertiary/aromatic N) is 6. The molecule has 43 heavy (non-hydrogen) atoms. The third kappa shape index (κ3) is 5.53. The number of piperazine rings is 1. The molecule has 5 fully saturated rings. The number of aromatic hydroxyl groups is 1. The van der Waals surface area contributed by atoms with Crippen LogP contribution in [-0.4, -0.2) is 94.2 Å². The minimum atomic E-state index is 0.330. The van der Waals surface area contributed by atoms with Gasteiger partial charge in [-0.25, -0.2) is 9.97 Å². The number of anilines is 1. The Balaban J connectivity index is 0.000000547. The summed E-state index contributed by atoms with van der Waals surface area (Å²) in [5, 5.41) is 11.6. The van der Waals surface area contributed by atoms with Crippen molar-refractivity contribution in [2.45, 2.75) is 64.6 Å². The van der Waals surface area contributed by atoms with Crippen LogP contribution in [0, 0.1) is 5.92 Å². The van der Waals surface area contributed by atoms with E-state index in [-0.39, 0.29) is 0 Å². The summed E-state index contributed by atoms with van der Waals surface area (Å²) in [4.78, 5) is 19.9. The largest absolute Gasteiger partial charge is 0.508 e. The molecule has 1 aliphatic carbocycles. The number of allylic oxidation sites excluding steroid dienone is 1. The smallest absolute Gasteiger partial charge is 0.140 e. The number of benzene rings is 2. The standard InChI is InChI=1S/C32H37N5O.C4H9N/c1-4-31-33-30-12-23(29-14-26(38)11-22-7-5-6-8-27(22)29)9-10-28(30)32(34-31)37-24-13-25(37)19-35(18-24)17-21(3)36-15-20(2)16-36;1-4-3-5(4)2/h6,8-12,14,20,24-25,38H,3-5,7,13,15-19H2,1-2H3;4H,3H2,1-2H3. The molecule has 1 aromatic heterocycles. The lowest BCUT2D eigenvalue weighted by atomic mass is 9.86. The summed E-state index contributed by atoms with van der Waals surface area (Å²) in [7, 11) is 2.13. The highest BCUT2D eigenvalue weighted by Crippen LogP contribution is 2.41. The van der Waals surface area contributed by atoms with Crippen LogP contribution < -0.4 is 4.90 Å². The van der Waals surface area contributed by atoms with Crippen molar-refractivity contribution in [3.63, 3.8) is 0 Å². The fourth-order valence-electron chi connectivity index (χ4n) is 7.32. The van der Waals surface area contributed by atoms with E-state index in [0.29, 0.717) is 17.8 Å². The first-order valence-corrected chi connectivity index (χ1v) is 16.2. The van der Waals surface area contributed by atoms with Gasteiger partial charge >= 0.3 is 0 Å². The lowest BCUT2D eigenvalue weighted by molar-refractivity contribution is 0.0956. The van der Waals surface area contributed by atoms with Crippen LogP contribution in [0.4, 0.5) is 5.82 Å². The van der Waals surface area contributed by atoms with E-state index < -0.39 is 0 Å². The summed E-state index contributed by atoms with van der Waals surface area (Å²) in [6.07, 6.45) is 8.45. The SMILES string of the molecule is C=C(CN1CC2CC(C1)N2c1nc(CC)nc2cc(-c3cc(O)cc4c3C=CCC4)ccc12)N1CC(C)C1.CC1CN1C. The van der Waals surface area contributed by atoms with Crippen LogP contribution in [0.25, 0.3) is 28.1 Å². The Morgan fingerprint density at radius 3 is 2.44 bits per heavy atom. The molecule has 6 aliphatic rings. The Morgan fingerprint density at radius 1 is 1.02 bits per heavy atom. The topological polar surface area (TPSA) is 58.7 Å². The summed E-state index contributed by atoms with van der Waals surface area (Å²) >= 11 is 0. The van der Waals surface area contributed by atoms with Gasteiger partial charge in [0, 0.05) is 74.9 Å². The van der Waals surface area contributed by atoms with Crippen LogP contribution in [0.3, 0.4) is 0 Å². The third-order valence-corrected chi connectivity index (χ3v) is 10.1. The van der Waals surface area contributed by atoms with Gasteiger partial charge in [0.15, 0.2) is 0 Å². The Bertz CT molecular complexity index is 1560. The first-order chi connectivity index (χ1) is 20.8. The summed E-state index contributed by atoms with van der Waals surface area (Å²) in [6, 6.07) is 12.2. The Morgan fingerprint density at radius 2 is 1.77 bits per heavy atom. The first-order valence-electron chi connectivity index (χ1n) is 16.2. The van der Waals surface area contributed by atoms with E-state index >= 15 is 0 Å². The van der Waals surface area contributed by atoms with E-state index in [2.05, 4.69) is 84.3 Å². The van der Waals surface area contributed by atoms with E-state index in [0.717, 1.165) is 97.6 Å². The number of aromatic nitrogens is 2. The maximum absolute atomic E-state index is 10.4. The fraction of sp³-hybridized carbons (Fsp3) is 0.500. The number of rotatable bonds is 6. The number of hydrogen-bond donors (Lipinski definition) is 1. The molecule has 1 N–H and O–H groups in total. The zero-order valence-electron chi connectivity index (χ0n) is 26.3. The molecule has 0 amide bonds. The molecule has 7 nitrogen and oxygen atoms in total. The van der Waals surface area contributed by atoms with Crippen molar-refractivity contribution in [1.29, 1.82) is 0 Å². The zero-order valence-corrected chi connectivity index (χ0v) is 26.3. The maximum Gasteiger partial charge on any atom is 0.140 e. The number of hydrogen-bond acceptors (Lipinski definition) is 7.